The van der Waals surface area contributed by atoms with Crippen LogP contribution in [0.3, 0.4) is 0 Å². The van der Waals surface area contributed by atoms with E-state index < -0.39 is 0 Å². The summed E-state index contributed by atoms with van der Waals surface area (Å²) < 4.78 is 5.11. The number of methoxy groups -OCH3 is 1. The van der Waals surface area contributed by atoms with E-state index in [1.54, 1.807) is 7.11 Å². The monoisotopic (exact) mass is 304 g/mol. The first-order chi connectivity index (χ1) is 10.3. The van der Waals surface area contributed by atoms with E-state index in [2.05, 4.69) is 36.5 Å². The molecule has 0 saturated carbocycles. The number of benzene rings is 1. The van der Waals surface area contributed by atoms with Crippen LogP contribution < -0.4 is 5.32 Å². The maximum absolute atomic E-state index is 5.11. The number of aromatic nitrogens is 1. The molecule has 21 heavy (non-hydrogen) atoms. The van der Waals surface area contributed by atoms with Crippen molar-refractivity contribution in [3.63, 3.8) is 0 Å². The molecule has 0 saturated heterocycles. The zero-order chi connectivity index (χ0) is 14.9. The molecule has 114 valence electrons. The second-order valence-corrected chi connectivity index (χ2v) is 6.10. The van der Waals surface area contributed by atoms with Crippen LogP contribution in [0.15, 0.2) is 35.4 Å². The molecule has 3 nitrogen and oxygen atoms in total. The lowest BCUT2D eigenvalue weighted by Crippen LogP contribution is -2.14. The Kier molecular flexibility index (Phi) is 7.00. The molecule has 0 aliphatic carbocycles. The molecule has 1 aromatic carbocycles. The van der Waals surface area contributed by atoms with Crippen LogP contribution in [-0.4, -0.2) is 31.0 Å². The number of hydrogen-bond acceptors (Lipinski definition) is 4. The highest BCUT2D eigenvalue weighted by molar-refractivity contribution is 7.99. The maximum Gasteiger partial charge on any atom is 0.101 e. The third kappa shape index (κ3) is 4.99. The topological polar surface area (TPSA) is 34.2 Å². The Morgan fingerprint density at radius 2 is 2.14 bits per heavy atom. The number of thioether (sulfide) groups is 1. The molecule has 0 spiro atoms. The molecule has 1 heterocycles. The van der Waals surface area contributed by atoms with Gasteiger partial charge in [0.05, 0.1) is 5.52 Å². The Labute approximate surface area is 131 Å². The van der Waals surface area contributed by atoms with Crippen LogP contribution in [0.25, 0.3) is 10.9 Å². The lowest BCUT2D eigenvalue weighted by Gasteiger charge is -2.11. The third-order valence-electron chi connectivity index (χ3n) is 3.24. The molecule has 0 aliphatic rings. The summed E-state index contributed by atoms with van der Waals surface area (Å²) in [6, 6.07) is 10.6. The second-order valence-electron chi connectivity index (χ2n) is 5.02. The summed E-state index contributed by atoms with van der Waals surface area (Å²) in [7, 11) is 1.75. The average Bonchev–Trinajstić information content (AvgIpc) is 2.52. The molecule has 0 atom stereocenters. The van der Waals surface area contributed by atoms with Crippen molar-refractivity contribution in [2.45, 2.75) is 31.3 Å². The lowest BCUT2D eigenvalue weighted by molar-refractivity contribution is 0.200. The van der Waals surface area contributed by atoms with Gasteiger partial charge in [-0.3, -0.25) is 0 Å². The fourth-order valence-electron chi connectivity index (χ4n) is 2.17. The Morgan fingerprint density at radius 1 is 1.29 bits per heavy atom. The Bertz CT molecular complexity index is 559. The molecular weight excluding hydrogens is 280 g/mol. The van der Waals surface area contributed by atoms with Gasteiger partial charge in [-0.1, -0.05) is 25.1 Å². The predicted molar refractivity (Wildman–Crippen MR) is 91.0 cm³/mol. The average molecular weight is 304 g/mol. The minimum Gasteiger partial charge on any atom is -0.385 e. The van der Waals surface area contributed by atoms with E-state index in [-0.39, 0.29) is 0 Å². The van der Waals surface area contributed by atoms with Gasteiger partial charge in [0, 0.05) is 31.4 Å². The Hall–Kier alpha value is -1.10. The van der Waals surface area contributed by atoms with E-state index in [1.807, 2.05) is 17.8 Å². The summed E-state index contributed by atoms with van der Waals surface area (Å²) in [4.78, 5) is 4.83. The third-order valence-corrected chi connectivity index (χ3v) is 4.36. The normalized spacial score (nSPS) is 11.1. The molecule has 0 amide bonds. The van der Waals surface area contributed by atoms with Gasteiger partial charge in [0.25, 0.3) is 0 Å². The molecule has 0 aliphatic heterocycles. The van der Waals surface area contributed by atoms with Crippen molar-refractivity contribution in [2.24, 2.45) is 0 Å². The minimum atomic E-state index is 0.810. The smallest absolute Gasteiger partial charge is 0.101 e. The molecule has 4 heteroatoms. The first-order valence-electron chi connectivity index (χ1n) is 7.56. The zero-order valence-corrected chi connectivity index (χ0v) is 13.7. The van der Waals surface area contributed by atoms with Crippen LogP contribution in [-0.2, 0) is 11.3 Å². The van der Waals surface area contributed by atoms with Gasteiger partial charge < -0.3 is 10.1 Å². The van der Waals surface area contributed by atoms with E-state index in [0.717, 1.165) is 48.8 Å². The van der Waals surface area contributed by atoms with Crippen LogP contribution in [0.5, 0.6) is 0 Å². The molecule has 1 aromatic heterocycles. The van der Waals surface area contributed by atoms with E-state index in [9.17, 15) is 0 Å². The van der Waals surface area contributed by atoms with Gasteiger partial charge in [0.2, 0.25) is 0 Å². The minimum absolute atomic E-state index is 0.810. The largest absolute Gasteiger partial charge is 0.385 e. The van der Waals surface area contributed by atoms with Gasteiger partial charge >= 0.3 is 0 Å². The first kappa shape index (κ1) is 16.3. The fourth-order valence-corrected chi connectivity index (χ4v) is 3.10. The molecule has 0 fully saturated rings. The Morgan fingerprint density at radius 3 is 2.95 bits per heavy atom. The number of pyridine rings is 1. The summed E-state index contributed by atoms with van der Waals surface area (Å²) in [5.41, 5.74) is 2.37. The van der Waals surface area contributed by atoms with E-state index in [4.69, 9.17) is 9.72 Å². The summed E-state index contributed by atoms with van der Waals surface area (Å²) in [6.07, 6.45) is 2.20. The van der Waals surface area contributed by atoms with Gasteiger partial charge in [-0.05, 0) is 37.1 Å². The van der Waals surface area contributed by atoms with Crippen molar-refractivity contribution in [2.75, 3.05) is 26.0 Å². The molecule has 0 bridgehead atoms. The van der Waals surface area contributed by atoms with Gasteiger partial charge in [0.1, 0.15) is 5.03 Å². The molecule has 0 unspecified atom stereocenters. The van der Waals surface area contributed by atoms with Crippen molar-refractivity contribution in [3.05, 3.63) is 35.9 Å². The number of para-hydroxylation sites is 1. The van der Waals surface area contributed by atoms with Gasteiger partial charge in [-0.2, -0.15) is 0 Å². The summed E-state index contributed by atoms with van der Waals surface area (Å²) >= 11 is 1.83. The van der Waals surface area contributed by atoms with Crippen LogP contribution in [0.2, 0.25) is 0 Å². The van der Waals surface area contributed by atoms with Crippen molar-refractivity contribution in [3.8, 4) is 0 Å². The molecule has 0 radical (unpaired) electrons. The van der Waals surface area contributed by atoms with Crippen molar-refractivity contribution in [1.82, 2.24) is 10.3 Å². The summed E-state index contributed by atoms with van der Waals surface area (Å²) in [6.45, 7) is 4.93. The predicted octanol–water partition coefficient (Wildman–Crippen LogP) is 3.86. The van der Waals surface area contributed by atoms with Gasteiger partial charge in [-0.15, -0.1) is 11.8 Å². The Balaban J connectivity index is 2.14. The van der Waals surface area contributed by atoms with E-state index in [0.29, 0.717) is 0 Å². The zero-order valence-electron chi connectivity index (χ0n) is 12.9. The highest BCUT2D eigenvalue weighted by Gasteiger charge is 2.07. The number of nitrogens with one attached hydrogen (secondary N) is 1. The van der Waals surface area contributed by atoms with E-state index in [1.165, 1.54) is 10.9 Å². The number of nitrogens with zero attached hydrogens (tertiary/aromatic N) is 1. The molecule has 1 N–H and O–H groups in total. The maximum atomic E-state index is 5.11. The summed E-state index contributed by atoms with van der Waals surface area (Å²) in [5.74, 6) is 1.04. The molecular formula is C17H24N2OS. The van der Waals surface area contributed by atoms with Crippen LogP contribution in [0.1, 0.15) is 25.3 Å². The standard InChI is InChI=1S/C17H24N2OS/c1-3-9-18-13-15-12-14-7-4-5-8-16(14)19-17(15)21-11-6-10-20-2/h4-5,7-8,12,18H,3,6,9-11,13H2,1-2H3. The highest BCUT2D eigenvalue weighted by Crippen LogP contribution is 2.25. The van der Waals surface area contributed by atoms with Crippen LogP contribution in [0.4, 0.5) is 0 Å². The van der Waals surface area contributed by atoms with Crippen molar-refractivity contribution in [1.29, 1.82) is 0 Å². The van der Waals surface area contributed by atoms with Crippen LogP contribution in [0, 0.1) is 0 Å². The lowest BCUT2D eigenvalue weighted by atomic mass is 10.1. The number of ether oxygens (including phenoxy) is 1. The fraction of sp³-hybridized carbons (Fsp3) is 0.471. The SMILES string of the molecule is CCCNCc1cc2ccccc2nc1SCCCOC. The van der Waals surface area contributed by atoms with Crippen molar-refractivity contribution < 1.29 is 4.74 Å². The summed E-state index contributed by atoms with van der Waals surface area (Å²) in [5, 5.41) is 5.84. The van der Waals surface area contributed by atoms with Crippen molar-refractivity contribution >= 4 is 22.7 Å². The number of fused-ring (bicyclic) bond motifs is 1. The first-order valence-corrected chi connectivity index (χ1v) is 8.55. The van der Waals surface area contributed by atoms with Gasteiger partial charge in [-0.25, -0.2) is 4.98 Å². The highest BCUT2D eigenvalue weighted by atomic mass is 32.2. The second kappa shape index (κ2) is 9.03. The van der Waals surface area contributed by atoms with Crippen LogP contribution >= 0.6 is 11.8 Å². The number of hydrogen-bond donors (Lipinski definition) is 1. The number of rotatable bonds is 9. The van der Waals surface area contributed by atoms with E-state index >= 15 is 0 Å². The molecule has 2 aromatic rings. The van der Waals surface area contributed by atoms with Gasteiger partial charge in [0.15, 0.2) is 0 Å². The quantitative estimate of drug-likeness (QED) is 0.563. The molecule has 2 rings (SSSR count).